The van der Waals surface area contributed by atoms with Crippen LogP contribution in [0, 0.1) is 0 Å². The molecular weight excluding hydrogens is 442 g/mol. The molecule has 0 aliphatic carbocycles. The summed E-state index contributed by atoms with van der Waals surface area (Å²) in [5, 5.41) is 11.3. The van der Waals surface area contributed by atoms with Gasteiger partial charge in [0, 0.05) is 42.3 Å². The van der Waals surface area contributed by atoms with Gasteiger partial charge in [0.2, 0.25) is 0 Å². The van der Waals surface area contributed by atoms with Gasteiger partial charge in [-0.15, -0.1) is 0 Å². The van der Waals surface area contributed by atoms with Gasteiger partial charge in [-0.2, -0.15) is 0 Å². The molecule has 0 radical (unpaired) electrons. The molecule has 1 aliphatic heterocycles. The first-order valence-electron chi connectivity index (χ1n) is 8.88. The van der Waals surface area contributed by atoms with E-state index in [1.807, 2.05) is 6.07 Å². The van der Waals surface area contributed by atoms with Crippen molar-refractivity contribution in [3.05, 3.63) is 34.8 Å². The van der Waals surface area contributed by atoms with Gasteiger partial charge in [0.25, 0.3) is 0 Å². The molecule has 10 heteroatoms. The van der Waals surface area contributed by atoms with Crippen molar-refractivity contribution in [2.75, 3.05) is 18.0 Å². The Labute approximate surface area is 173 Å². The van der Waals surface area contributed by atoms with E-state index >= 15 is 0 Å². The first-order chi connectivity index (χ1) is 13.6. The number of aliphatic hydroxyl groups is 1. The molecule has 28 heavy (non-hydrogen) atoms. The average molecular weight is 458 g/mol. The zero-order valence-corrected chi connectivity index (χ0v) is 17.3. The van der Waals surface area contributed by atoms with Gasteiger partial charge in [0.05, 0.1) is 16.0 Å². The number of β-amino-alcohol motifs (C(OH)–C–C–N with tert-alkyl or cyclic N) is 1. The van der Waals surface area contributed by atoms with Crippen LogP contribution in [0.2, 0.25) is 0 Å². The Morgan fingerprint density at radius 1 is 1.25 bits per heavy atom. The topological polar surface area (TPSA) is 104 Å². The van der Waals surface area contributed by atoms with Gasteiger partial charge >= 0.3 is 0 Å². The number of aromatic nitrogens is 6. The van der Waals surface area contributed by atoms with Gasteiger partial charge in [-0.25, -0.2) is 19.9 Å². The molecule has 0 atom stereocenters. The van der Waals surface area contributed by atoms with Crippen molar-refractivity contribution < 1.29 is 5.11 Å². The molecule has 0 aromatic carbocycles. The molecule has 5 rings (SSSR count). The van der Waals surface area contributed by atoms with E-state index in [1.54, 1.807) is 18.6 Å². The Morgan fingerprint density at radius 2 is 2.07 bits per heavy atom. The van der Waals surface area contributed by atoms with Crippen LogP contribution in [0.3, 0.4) is 0 Å². The van der Waals surface area contributed by atoms with Gasteiger partial charge in [-0.05, 0) is 40.2 Å². The summed E-state index contributed by atoms with van der Waals surface area (Å²) >= 11 is 5.12. The lowest BCUT2D eigenvalue weighted by atomic mass is 10.1. The van der Waals surface area contributed by atoms with E-state index in [9.17, 15) is 5.11 Å². The second-order valence-corrected chi connectivity index (χ2v) is 8.39. The van der Waals surface area contributed by atoms with Crippen LogP contribution >= 0.6 is 27.7 Å². The summed E-state index contributed by atoms with van der Waals surface area (Å²) in [6.45, 7) is 3.23. The predicted octanol–water partition coefficient (Wildman–Crippen LogP) is 2.95. The van der Waals surface area contributed by atoms with Gasteiger partial charge in [-0.3, -0.25) is 4.98 Å². The highest BCUT2D eigenvalue weighted by molar-refractivity contribution is 9.10. The predicted molar refractivity (Wildman–Crippen MR) is 111 cm³/mol. The number of halogens is 1. The average Bonchev–Trinajstić information content (AvgIpc) is 3.00. The molecule has 1 aliphatic rings. The minimum Gasteiger partial charge on any atom is -0.389 e. The number of aryl methyl sites for hydroxylation is 1. The quantitative estimate of drug-likeness (QED) is 0.450. The Kier molecular flexibility index (Phi) is 4.41. The maximum Gasteiger partial charge on any atom is 0.196 e. The molecule has 8 nitrogen and oxygen atoms in total. The lowest BCUT2D eigenvalue weighted by molar-refractivity contribution is 0.141. The molecular formula is C18H16BrN7OS. The monoisotopic (exact) mass is 457 g/mol. The molecule has 5 heterocycles. The first-order valence-corrected chi connectivity index (χ1v) is 10.5. The summed E-state index contributed by atoms with van der Waals surface area (Å²) in [7, 11) is 0. The van der Waals surface area contributed by atoms with E-state index in [2.05, 4.69) is 47.7 Å². The molecule has 142 valence electrons. The number of anilines is 1. The number of aromatic amines is 1. The third-order valence-electron chi connectivity index (χ3n) is 4.65. The molecule has 0 amide bonds. The smallest absolute Gasteiger partial charge is 0.196 e. The molecule has 0 spiro atoms. The van der Waals surface area contributed by atoms with E-state index < -0.39 is 0 Å². The highest BCUT2D eigenvalue weighted by atomic mass is 79.9. The standard InChI is InChI=1S/C18H16BrN7OS/c1-2-11-14(19)13-16(23-11)24-18(25-17(13)26-7-9(27)8-26)28-10-5-12-15(22-6-10)21-4-3-20-12/h3-6,9,27H,2,7-8H2,1H3,(H,23,24,25). The Bertz CT molecular complexity index is 1190. The Balaban J connectivity index is 1.58. The minimum absolute atomic E-state index is 0.312. The largest absolute Gasteiger partial charge is 0.389 e. The number of pyridine rings is 1. The fraction of sp³-hybridized carbons (Fsp3) is 0.278. The third kappa shape index (κ3) is 3.01. The second-order valence-electron chi connectivity index (χ2n) is 6.56. The maximum absolute atomic E-state index is 9.75. The molecule has 0 unspecified atom stereocenters. The molecule has 4 aromatic rings. The van der Waals surface area contributed by atoms with Crippen molar-refractivity contribution in [1.29, 1.82) is 0 Å². The maximum atomic E-state index is 9.75. The number of rotatable bonds is 4. The fourth-order valence-electron chi connectivity index (χ4n) is 3.22. The molecule has 0 saturated carbocycles. The molecule has 1 fully saturated rings. The van der Waals surface area contributed by atoms with Crippen LogP contribution in [0.15, 0.2) is 39.2 Å². The van der Waals surface area contributed by atoms with Crippen molar-refractivity contribution >= 4 is 55.7 Å². The van der Waals surface area contributed by atoms with Crippen molar-refractivity contribution in [3.8, 4) is 0 Å². The Morgan fingerprint density at radius 3 is 2.86 bits per heavy atom. The van der Waals surface area contributed by atoms with Crippen LogP contribution in [-0.4, -0.2) is 54.2 Å². The number of nitrogens with one attached hydrogen (secondary N) is 1. The van der Waals surface area contributed by atoms with Crippen molar-refractivity contribution in [2.45, 2.75) is 29.5 Å². The van der Waals surface area contributed by atoms with Gasteiger partial charge in [0.1, 0.15) is 17.0 Å². The van der Waals surface area contributed by atoms with E-state index in [0.717, 1.165) is 43.9 Å². The number of nitrogens with zero attached hydrogens (tertiary/aromatic N) is 6. The van der Waals surface area contributed by atoms with E-state index in [4.69, 9.17) is 9.97 Å². The second kappa shape index (κ2) is 6.94. The zero-order valence-electron chi connectivity index (χ0n) is 14.9. The van der Waals surface area contributed by atoms with Gasteiger partial charge < -0.3 is 15.0 Å². The summed E-state index contributed by atoms with van der Waals surface area (Å²) in [5.74, 6) is 0.828. The van der Waals surface area contributed by atoms with Crippen LogP contribution in [-0.2, 0) is 6.42 Å². The van der Waals surface area contributed by atoms with Crippen LogP contribution < -0.4 is 4.90 Å². The fourth-order valence-corrected chi connectivity index (χ4v) is 4.72. The van der Waals surface area contributed by atoms with Crippen molar-refractivity contribution in [2.24, 2.45) is 0 Å². The van der Waals surface area contributed by atoms with Gasteiger partial charge in [-0.1, -0.05) is 6.92 Å². The van der Waals surface area contributed by atoms with Gasteiger partial charge in [0.15, 0.2) is 10.8 Å². The molecule has 0 bridgehead atoms. The van der Waals surface area contributed by atoms with E-state index in [1.165, 1.54) is 11.8 Å². The summed E-state index contributed by atoms with van der Waals surface area (Å²) in [5.41, 5.74) is 3.21. The van der Waals surface area contributed by atoms with E-state index in [-0.39, 0.29) is 6.10 Å². The van der Waals surface area contributed by atoms with Crippen LogP contribution in [0.5, 0.6) is 0 Å². The summed E-state index contributed by atoms with van der Waals surface area (Å²) in [4.78, 5) is 28.7. The van der Waals surface area contributed by atoms with Crippen molar-refractivity contribution in [3.63, 3.8) is 0 Å². The molecule has 1 saturated heterocycles. The number of hydrogen-bond acceptors (Lipinski definition) is 8. The summed E-state index contributed by atoms with van der Waals surface area (Å²) in [6, 6.07) is 1.93. The third-order valence-corrected chi connectivity index (χ3v) is 6.35. The SMILES string of the molecule is CCc1[nH]c2nc(Sc3cnc4nccnc4c3)nc(N3CC(O)C3)c2c1Br. The Hall–Kier alpha value is -2.30. The highest BCUT2D eigenvalue weighted by Crippen LogP contribution is 2.38. The van der Waals surface area contributed by atoms with E-state index in [0.29, 0.717) is 23.9 Å². The highest BCUT2D eigenvalue weighted by Gasteiger charge is 2.29. The lowest BCUT2D eigenvalue weighted by Crippen LogP contribution is -2.51. The summed E-state index contributed by atoms with van der Waals surface area (Å²) in [6.07, 6.45) is 5.57. The molecule has 4 aromatic heterocycles. The van der Waals surface area contributed by atoms with Crippen molar-refractivity contribution in [1.82, 2.24) is 29.9 Å². The lowest BCUT2D eigenvalue weighted by Gasteiger charge is -2.37. The first kappa shape index (κ1) is 17.8. The normalized spacial score (nSPS) is 14.8. The number of H-pyrrole nitrogens is 1. The van der Waals surface area contributed by atoms with Crippen LogP contribution in [0.4, 0.5) is 5.82 Å². The number of hydrogen-bond donors (Lipinski definition) is 2. The van der Waals surface area contributed by atoms with Crippen LogP contribution in [0.1, 0.15) is 12.6 Å². The molecule has 2 N–H and O–H groups in total. The minimum atomic E-state index is -0.312. The zero-order chi connectivity index (χ0) is 19.3. The summed E-state index contributed by atoms with van der Waals surface area (Å²) < 4.78 is 0.987. The number of fused-ring (bicyclic) bond motifs is 2. The van der Waals surface area contributed by atoms with Crippen LogP contribution in [0.25, 0.3) is 22.2 Å². The number of aliphatic hydroxyl groups excluding tert-OH is 1.